The van der Waals surface area contributed by atoms with E-state index in [2.05, 4.69) is 5.32 Å². The molecular weight excluding hydrogens is 334 g/mol. The fourth-order valence-electron chi connectivity index (χ4n) is 3.98. The van der Waals surface area contributed by atoms with Gasteiger partial charge in [0.2, 0.25) is 11.8 Å². The van der Waals surface area contributed by atoms with Crippen LogP contribution in [-0.4, -0.2) is 73.0 Å². The van der Waals surface area contributed by atoms with Gasteiger partial charge in [-0.05, 0) is 31.2 Å². The SMILES string of the molecule is CN[C@H](C(=O)N(C)[C@H](C(=O)N(C)C)C(C(=O)O)C(C)(C)C)C1CCCC1. The van der Waals surface area contributed by atoms with E-state index in [0.717, 1.165) is 25.7 Å². The van der Waals surface area contributed by atoms with Crippen LogP contribution < -0.4 is 5.32 Å². The van der Waals surface area contributed by atoms with Gasteiger partial charge in [-0.1, -0.05) is 33.6 Å². The molecule has 0 heterocycles. The van der Waals surface area contributed by atoms with Crippen molar-refractivity contribution in [3.63, 3.8) is 0 Å². The highest BCUT2D eigenvalue weighted by molar-refractivity contribution is 5.93. The third-order valence-corrected chi connectivity index (χ3v) is 5.42. The molecule has 0 aromatic carbocycles. The monoisotopic (exact) mass is 369 g/mol. The van der Waals surface area contributed by atoms with E-state index in [9.17, 15) is 19.5 Å². The summed E-state index contributed by atoms with van der Waals surface area (Å²) in [4.78, 5) is 40.8. The third kappa shape index (κ3) is 4.96. The molecule has 2 amide bonds. The van der Waals surface area contributed by atoms with Crippen LogP contribution in [-0.2, 0) is 14.4 Å². The highest BCUT2D eigenvalue weighted by Gasteiger charge is 2.47. The summed E-state index contributed by atoms with van der Waals surface area (Å²) in [5, 5.41) is 12.9. The lowest BCUT2D eigenvalue weighted by Crippen LogP contribution is -2.60. The van der Waals surface area contributed by atoms with Crippen LogP contribution in [0.2, 0.25) is 0 Å². The maximum absolute atomic E-state index is 13.2. The molecule has 1 aliphatic rings. The maximum atomic E-state index is 13.2. The summed E-state index contributed by atoms with van der Waals surface area (Å²) in [6.45, 7) is 5.35. The van der Waals surface area contributed by atoms with Crippen LogP contribution in [0.5, 0.6) is 0 Å². The quantitative estimate of drug-likeness (QED) is 0.708. The summed E-state index contributed by atoms with van der Waals surface area (Å²) >= 11 is 0. The molecule has 26 heavy (non-hydrogen) atoms. The van der Waals surface area contributed by atoms with E-state index in [1.165, 1.54) is 9.80 Å². The van der Waals surface area contributed by atoms with Gasteiger partial charge in [0, 0.05) is 21.1 Å². The van der Waals surface area contributed by atoms with Crippen molar-refractivity contribution in [1.29, 1.82) is 0 Å². The molecule has 2 N–H and O–H groups in total. The second-order valence-electron chi connectivity index (χ2n) is 8.62. The maximum Gasteiger partial charge on any atom is 0.309 e. The summed E-state index contributed by atoms with van der Waals surface area (Å²) in [7, 11) is 6.47. The Morgan fingerprint density at radius 3 is 1.88 bits per heavy atom. The topological polar surface area (TPSA) is 90.0 Å². The Morgan fingerprint density at radius 1 is 1.04 bits per heavy atom. The zero-order valence-corrected chi connectivity index (χ0v) is 17.2. The minimum absolute atomic E-state index is 0.213. The van der Waals surface area contributed by atoms with Gasteiger partial charge in [-0.25, -0.2) is 0 Å². The number of hydrogen-bond acceptors (Lipinski definition) is 4. The van der Waals surface area contributed by atoms with E-state index in [1.807, 2.05) is 0 Å². The zero-order valence-electron chi connectivity index (χ0n) is 17.2. The van der Waals surface area contributed by atoms with Gasteiger partial charge in [-0.2, -0.15) is 0 Å². The van der Waals surface area contributed by atoms with E-state index in [4.69, 9.17) is 0 Å². The Bertz CT molecular complexity index is 521. The van der Waals surface area contributed by atoms with Gasteiger partial charge in [0.05, 0.1) is 12.0 Å². The lowest BCUT2D eigenvalue weighted by Gasteiger charge is -2.40. The first-order valence-electron chi connectivity index (χ1n) is 9.31. The first-order valence-corrected chi connectivity index (χ1v) is 9.31. The summed E-state index contributed by atoms with van der Waals surface area (Å²) in [5.41, 5.74) is -0.681. The van der Waals surface area contributed by atoms with Crippen LogP contribution in [0.1, 0.15) is 46.5 Å². The number of carbonyl (C=O) groups excluding carboxylic acids is 2. The van der Waals surface area contributed by atoms with E-state index >= 15 is 0 Å². The van der Waals surface area contributed by atoms with Gasteiger partial charge in [-0.15, -0.1) is 0 Å². The molecule has 3 atom stereocenters. The van der Waals surface area contributed by atoms with Gasteiger partial charge in [0.25, 0.3) is 0 Å². The Labute approximate surface area is 157 Å². The molecule has 0 spiro atoms. The Morgan fingerprint density at radius 2 is 1.54 bits per heavy atom. The van der Waals surface area contributed by atoms with Crippen LogP contribution in [0.4, 0.5) is 0 Å². The summed E-state index contributed by atoms with van der Waals surface area (Å²) in [6.07, 6.45) is 4.14. The number of hydrogen-bond donors (Lipinski definition) is 2. The highest BCUT2D eigenvalue weighted by atomic mass is 16.4. The lowest BCUT2D eigenvalue weighted by molar-refractivity contribution is -0.159. The van der Waals surface area contributed by atoms with Crippen molar-refractivity contribution < 1.29 is 19.5 Å². The number of nitrogens with zero attached hydrogens (tertiary/aromatic N) is 2. The molecule has 7 heteroatoms. The number of carboxylic acids is 1. The number of amides is 2. The van der Waals surface area contributed by atoms with Crippen molar-refractivity contribution in [2.24, 2.45) is 17.3 Å². The Hall–Kier alpha value is -1.63. The first-order chi connectivity index (χ1) is 11.9. The van der Waals surface area contributed by atoms with Gasteiger partial charge < -0.3 is 20.2 Å². The van der Waals surface area contributed by atoms with Crippen molar-refractivity contribution in [2.75, 3.05) is 28.2 Å². The van der Waals surface area contributed by atoms with Crippen molar-refractivity contribution in [3.05, 3.63) is 0 Å². The van der Waals surface area contributed by atoms with Gasteiger partial charge >= 0.3 is 5.97 Å². The van der Waals surface area contributed by atoms with Crippen molar-refractivity contribution in [2.45, 2.75) is 58.5 Å². The molecule has 1 fully saturated rings. The van der Waals surface area contributed by atoms with Gasteiger partial charge in [-0.3, -0.25) is 14.4 Å². The lowest BCUT2D eigenvalue weighted by atomic mass is 9.75. The molecular formula is C19H35N3O4. The zero-order chi connectivity index (χ0) is 20.2. The van der Waals surface area contributed by atoms with E-state index in [-0.39, 0.29) is 17.7 Å². The molecule has 0 radical (unpaired) electrons. The average Bonchev–Trinajstić information content (AvgIpc) is 3.04. The molecule has 0 saturated heterocycles. The smallest absolute Gasteiger partial charge is 0.309 e. The predicted molar refractivity (Wildman–Crippen MR) is 101 cm³/mol. The number of rotatable bonds is 7. The molecule has 0 aromatic rings. The molecule has 0 aliphatic heterocycles. The van der Waals surface area contributed by atoms with Crippen LogP contribution in [0, 0.1) is 17.3 Å². The van der Waals surface area contributed by atoms with E-state index in [0.29, 0.717) is 0 Å². The van der Waals surface area contributed by atoms with Crippen molar-refractivity contribution in [1.82, 2.24) is 15.1 Å². The van der Waals surface area contributed by atoms with Crippen LogP contribution in [0.3, 0.4) is 0 Å². The first kappa shape index (κ1) is 22.4. The number of likely N-dealkylation sites (N-methyl/N-ethyl adjacent to an activating group) is 3. The minimum Gasteiger partial charge on any atom is -0.481 e. The van der Waals surface area contributed by atoms with E-state index in [1.54, 1.807) is 49.0 Å². The molecule has 150 valence electrons. The molecule has 0 aromatic heterocycles. The second-order valence-corrected chi connectivity index (χ2v) is 8.62. The Balaban J connectivity index is 3.25. The molecule has 7 nitrogen and oxygen atoms in total. The van der Waals surface area contributed by atoms with Gasteiger partial charge in [0.15, 0.2) is 0 Å². The molecule has 1 rings (SSSR count). The van der Waals surface area contributed by atoms with Gasteiger partial charge in [0.1, 0.15) is 6.04 Å². The Kier molecular flexibility index (Phi) is 7.62. The molecule has 1 aliphatic carbocycles. The number of carbonyl (C=O) groups is 3. The van der Waals surface area contributed by atoms with Crippen molar-refractivity contribution >= 4 is 17.8 Å². The number of nitrogens with one attached hydrogen (secondary N) is 1. The van der Waals surface area contributed by atoms with Crippen LogP contribution in [0.15, 0.2) is 0 Å². The summed E-state index contributed by atoms with van der Waals surface area (Å²) in [6, 6.07) is -1.44. The standard InChI is InChI=1S/C19H35N3O4/c1-19(2,3)13(18(25)26)15(17(24)21(5)6)22(7)16(23)14(20-4)12-10-8-9-11-12/h12-15,20H,8-11H2,1-7H3,(H,25,26)/t13?,14-,15-/m0/s1. The summed E-state index contributed by atoms with van der Waals surface area (Å²) in [5.74, 6) is -2.44. The van der Waals surface area contributed by atoms with E-state index < -0.39 is 29.4 Å². The molecule has 0 bridgehead atoms. The second kappa shape index (κ2) is 8.84. The largest absolute Gasteiger partial charge is 0.481 e. The van der Waals surface area contributed by atoms with Crippen molar-refractivity contribution in [3.8, 4) is 0 Å². The molecule has 1 saturated carbocycles. The normalized spacial score (nSPS) is 18.9. The average molecular weight is 370 g/mol. The molecule has 1 unspecified atom stereocenters. The number of aliphatic carboxylic acids is 1. The number of carboxylic acid groups (broad SMARTS) is 1. The minimum atomic E-state index is -1.07. The third-order valence-electron chi connectivity index (χ3n) is 5.42. The van der Waals surface area contributed by atoms with Crippen LogP contribution >= 0.6 is 0 Å². The highest BCUT2D eigenvalue weighted by Crippen LogP contribution is 2.34. The summed E-state index contributed by atoms with van der Waals surface area (Å²) < 4.78 is 0. The predicted octanol–water partition coefficient (Wildman–Crippen LogP) is 1.43. The fraction of sp³-hybridized carbons (Fsp3) is 0.842. The fourth-order valence-corrected chi connectivity index (χ4v) is 3.98. The van der Waals surface area contributed by atoms with Crippen LogP contribution in [0.25, 0.3) is 0 Å².